The number of aromatic hydroxyl groups is 3. The van der Waals surface area contributed by atoms with E-state index < -0.39 is 20.5 Å². The molecule has 2 aromatic carbocycles. The number of benzene rings is 2. The molecule has 0 saturated heterocycles. The third-order valence-corrected chi connectivity index (χ3v) is 4.84. The van der Waals surface area contributed by atoms with Crippen molar-refractivity contribution in [2.75, 3.05) is 6.54 Å². The summed E-state index contributed by atoms with van der Waals surface area (Å²) in [4.78, 5) is 0. The SMILES string of the molecule is [O-][Br+2]([O-])O[C@]1(Cc2ccc(O)cc2)NCCc2cc(O)c(O)cc21. The van der Waals surface area contributed by atoms with Crippen LogP contribution in [-0.2, 0) is 22.4 Å². The largest absolute Gasteiger partial charge is 0.508 e. The van der Waals surface area contributed by atoms with Crippen molar-refractivity contribution in [2.24, 2.45) is 0 Å². The first-order valence-electron chi connectivity index (χ1n) is 7.23. The summed E-state index contributed by atoms with van der Waals surface area (Å²) in [5.41, 5.74) is 0.539. The van der Waals surface area contributed by atoms with Crippen LogP contribution in [0.4, 0.5) is 0 Å². The van der Waals surface area contributed by atoms with Crippen molar-refractivity contribution in [1.82, 2.24) is 5.32 Å². The van der Waals surface area contributed by atoms with E-state index in [0.29, 0.717) is 24.1 Å². The summed E-state index contributed by atoms with van der Waals surface area (Å²) in [7, 11) is 0. The lowest BCUT2D eigenvalue weighted by molar-refractivity contribution is -1.63. The molecule has 1 heterocycles. The number of hydrogen-bond donors (Lipinski definition) is 4. The van der Waals surface area contributed by atoms with E-state index in [1.165, 1.54) is 24.3 Å². The normalized spacial score (nSPS) is 20.1. The van der Waals surface area contributed by atoms with Crippen LogP contribution in [0.2, 0.25) is 0 Å². The van der Waals surface area contributed by atoms with Gasteiger partial charge in [0.2, 0.25) is 5.72 Å². The van der Waals surface area contributed by atoms with Gasteiger partial charge in [-0.15, -0.1) is 0 Å². The minimum Gasteiger partial charge on any atom is -0.508 e. The topological polar surface area (TPSA) is 128 Å². The zero-order chi connectivity index (χ0) is 17.3. The molecule has 0 saturated carbocycles. The van der Waals surface area contributed by atoms with Crippen LogP contribution in [0.25, 0.3) is 0 Å². The molecule has 128 valence electrons. The Labute approximate surface area is 143 Å². The highest BCUT2D eigenvalue weighted by molar-refractivity contribution is 5.49. The van der Waals surface area contributed by atoms with Gasteiger partial charge in [0.15, 0.2) is 11.5 Å². The van der Waals surface area contributed by atoms with Crippen LogP contribution in [0.1, 0.15) is 16.7 Å². The number of fused-ring (bicyclic) bond motifs is 1. The van der Waals surface area contributed by atoms with Gasteiger partial charge >= 0.3 is 14.8 Å². The van der Waals surface area contributed by atoms with Crippen LogP contribution in [-0.4, -0.2) is 21.9 Å². The maximum atomic E-state index is 11.3. The van der Waals surface area contributed by atoms with Gasteiger partial charge in [-0.05, 0) is 41.8 Å². The van der Waals surface area contributed by atoms with E-state index in [4.69, 9.17) is 3.83 Å². The van der Waals surface area contributed by atoms with Crippen molar-refractivity contribution >= 4 is 0 Å². The molecule has 8 heteroatoms. The van der Waals surface area contributed by atoms with E-state index in [0.717, 1.165) is 5.56 Å². The van der Waals surface area contributed by atoms with Gasteiger partial charge in [0.05, 0.1) is 0 Å². The molecule has 0 unspecified atom stereocenters. The Bertz CT molecular complexity index is 736. The third kappa shape index (κ3) is 3.33. The minimum absolute atomic E-state index is 0.103. The van der Waals surface area contributed by atoms with Gasteiger partial charge in [-0.25, -0.2) is 0 Å². The fourth-order valence-corrected chi connectivity index (χ4v) is 3.81. The Morgan fingerprint density at radius 2 is 1.75 bits per heavy atom. The highest BCUT2D eigenvalue weighted by Crippen LogP contribution is 2.39. The van der Waals surface area contributed by atoms with Gasteiger partial charge in [0, 0.05) is 22.4 Å². The standard InChI is InChI=1S/C16H16BrNO6/c19-12-3-1-10(2-4-12)9-16(24-17(22)23)13-8-15(21)14(20)7-11(13)5-6-18-16/h1-4,7-8,18-21H,5-6,9H2/t16-/m0/s1. The molecule has 1 aliphatic rings. The maximum Gasteiger partial charge on any atom is 0.439 e. The van der Waals surface area contributed by atoms with E-state index in [1.807, 2.05) is 0 Å². The lowest BCUT2D eigenvalue weighted by atomic mass is 9.86. The van der Waals surface area contributed by atoms with Crippen LogP contribution in [0.15, 0.2) is 36.4 Å². The minimum atomic E-state index is -3.56. The Morgan fingerprint density at radius 1 is 1.08 bits per heavy atom. The van der Waals surface area contributed by atoms with Gasteiger partial charge in [-0.2, -0.15) is 0 Å². The van der Waals surface area contributed by atoms with Crippen LogP contribution in [0.3, 0.4) is 0 Å². The molecule has 4 N–H and O–H groups in total. The second kappa shape index (κ2) is 6.58. The van der Waals surface area contributed by atoms with Crippen LogP contribution in [0.5, 0.6) is 17.2 Å². The molecule has 0 spiro atoms. The Morgan fingerprint density at radius 3 is 2.42 bits per heavy atom. The molecular weight excluding hydrogens is 382 g/mol. The van der Waals surface area contributed by atoms with Crippen LogP contribution in [0, 0.1) is 14.8 Å². The molecule has 24 heavy (non-hydrogen) atoms. The summed E-state index contributed by atoms with van der Waals surface area (Å²) in [6.45, 7) is 0.449. The summed E-state index contributed by atoms with van der Waals surface area (Å²) in [5, 5.41) is 32.0. The summed E-state index contributed by atoms with van der Waals surface area (Å²) >= 11 is -3.56. The van der Waals surface area contributed by atoms with Gasteiger partial charge in [-0.1, -0.05) is 12.1 Å². The first-order chi connectivity index (χ1) is 11.4. The van der Waals surface area contributed by atoms with E-state index in [1.54, 1.807) is 12.1 Å². The first-order valence-corrected chi connectivity index (χ1v) is 9.17. The number of phenolic OH excluding ortho intramolecular Hbond substituents is 3. The molecule has 2 aromatic rings. The predicted octanol–water partition coefficient (Wildman–Crippen LogP) is -0.553. The average molecular weight is 398 g/mol. The van der Waals surface area contributed by atoms with Crippen molar-refractivity contribution in [3.05, 3.63) is 53.1 Å². The second-order valence-electron chi connectivity index (χ2n) is 5.61. The van der Waals surface area contributed by atoms with E-state index in [9.17, 15) is 23.7 Å². The zero-order valence-electron chi connectivity index (χ0n) is 12.5. The zero-order valence-corrected chi connectivity index (χ0v) is 14.1. The average Bonchev–Trinajstić information content (AvgIpc) is 2.51. The summed E-state index contributed by atoms with van der Waals surface area (Å²) in [6.07, 6.45) is 0.730. The molecule has 0 aromatic heterocycles. The van der Waals surface area contributed by atoms with E-state index in [2.05, 4.69) is 5.32 Å². The Balaban J connectivity index is 2.07. The summed E-state index contributed by atoms with van der Waals surface area (Å²) < 4.78 is 27.9. The number of halogens is 1. The van der Waals surface area contributed by atoms with Crippen LogP contribution < -0.4 is 13.7 Å². The molecule has 0 fully saturated rings. The number of phenols is 3. The lowest BCUT2D eigenvalue weighted by Crippen LogP contribution is -2.55. The fraction of sp³-hybridized carbons (Fsp3) is 0.250. The molecule has 0 bridgehead atoms. The molecule has 0 aliphatic carbocycles. The molecular formula is C16H16BrNO6. The van der Waals surface area contributed by atoms with Crippen molar-refractivity contribution in [1.29, 1.82) is 0 Å². The van der Waals surface area contributed by atoms with Crippen LogP contribution >= 0.6 is 0 Å². The lowest BCUT2D eigenvalue weighted by Gasteiger charge is -2.34. The van der Waals surface area contributed by atoms with Gasteiger partial charge in [0.1, 0.15) is 5.75 Å². The van der Waals surface area contributed by atoms with E-state index in [-0.39, 0.29) is 23.7 Å². The summed E-state index contributed by atoms with van der Waals surface area (Å²) in [6, 6.07) is 9.08. The Hall–Kier alpha value is -1.84. The quantitative estimate of drug-likeness (QED) is 0.509. The molecule has 7 nitrogen and oxygen atoms in total. The number of nitrogens with one attached hydrogen (secondary N) is 1. The highest BCUT2D eigenvalue weighted by Gasteiger charge is 2.47. The number of rotatable bonds is 4. The first kappa shape index (κ1) is 17.0. The highest BCUT2D eigenvalue weighted by atomic mass is 80.0. The van der Waals surface area contributed by atoms with Crippen molar-refractivity contribution in [2.45, 2.75) is 18.6 Å². The second-order valence-corrected chi connectivity index (χ2v) is 6.73. The smallest absolute Gasteiger partial charge is 0.439 e. The molecule has 0 amide bonds. The fourth-order valence-electron chi connectivity index (χ4n) is 2.96. The summed E-state index contributed by atoms with van der Waals surface area (Å²) in [5.74, 6) is -0.503. The van der Waals surface area contributed by atoms with Crippen molar-refractivity contribution in [3.63, 3.8) is 0 Å². The van der Waals surface area contributed by atoms with Crippen molar-refractivity contribution in [3.8, 4) is 17.2 Å². The Kier molecular flexibility index (Phi) is 4.66. The molecule has 3 rings (SSSR count). The van der Waals surface area contributed by atoms with Gasteiger partial charge in [0.25, 0.3) is 0 Å². The molecule has 0 radical (unpaired) electrons. The van der Waals surface area contributed by atoms with E-state index >= 15 is 0 Å². The van der Waals surface area contributed by atoms with Crippen molar-refractivity contribution < 1.29 is 42.4 Å². The predicted molar refractivity (Wildman–Crippen MR) is 76.1 cm³/mol. The molecule has 1 aliphatic heterocycles. The number of hydrogen-bond acceptors (Lipinski definition) is 7. The van der Waals surface area contributed by atoms with Gasteiger partial charge < -0.3 is 23.7 Å². The molecule has 1 atom stereocenters. The van der Waals surface area contributed by atoms with Gasteiger partial charge in [-0.3, -0.25) is 5.32 Å². The third-order valence-electron chi connectivity index (χ3n) is 4.02. The maximum absolute atomic E-state index is 11.3. The monoisotopic (exact) mass is 397 g/mol.